The summed E-state index contributed by atoms with van der Waals surface area (Å²) in [7, 11) is 1.59. The number of hydrogen-bond acceptors (Lipinski definition) is 3. The van der Waals surface area contributed by atoms with Crippen LogP contribution in [0.1, 0.15) is 74.0 Å². The predicted octanol–water partition coefficient (Wildman–Crippen LogP) is 5.45. The highest BCUT2D eigenvalue weighted by Crippen LogP contribution is 2.46. The van der Waals surface area contributed by atoms with E-state index in [0.29, 0.717) is 0 Å². The van der Waals surface area contributed by atoms with Crippen molar-refractivity contribution < 1.29 is 4.84 Å². The van der Waals surface area contributed by atoms with Crippen LogP contribution in [-0.4, -0.2) is 17.8 Å². The lowest BCUT2D eigenvalue weighted by Crippen LogP contribution is -2.34. The van der Waals surface area contributed by atoms with Crippen LogP contribution in [0.4, 0.5) is 0 Å². The van der Waals surface area contributed by atoms with Gasteiger partial charge in [0.25, 0.3) is 0 Å². The Morgan fingerprint density at radius 2 is 1.62 bits per heavy atom. The zero-order valence-electron chi connectivity index (χ0n) is 17.1. The fourth-order valence-electron chi connectivity index (χ4n) is 3.91. The Balaban J connectivity index is 2.21. The fraction of sp³-hybridized carbons (Fsp3) is 0.478. The molecule has 1 aromatic carbocycles. The smallest absolute Gasteiger partial charge is 0.135 e. The lowest BCUT2D eigenvalue weighted by Gasteiger charge is -2.42. The average molecular weight is 351 g/mol. The first kappa shape index (κ1) is 18.6. The van der Waals surface area contributed by atoms with Gasteiger partial charge in [0.2, 0.25) is 0 Å². The molecule has 1 aliphatic rings. The molecular weight excluding hydrogens is 320 g/mol. The fourth-order valence-corrected chi connectivity index (χ4v) is 3.91. The van der Waals surface area contributed by atoms with Gasteiger partial charge in [-0.05, 0) is 71.9 Å². The SMILES string of the molecule is CO/N=C(\c1ccc(C)cn1)c1cc2c(cc1C)C(C)(C)CCC2(C)C. The van der Waals surface area contributed by atoms with Crippen molar-refractivity contribution in [2.45, 2.75) is 65.2 Å². The first-order valence-electron chi connectivity index (χ1n) is 9.36. The van der Waals surface area contributed by atoms with Crippen LogP contribution in [0.3, 0.4) is 0 Å². The van der Waals surface area contributed by atoms with Crippen LogP contribution in [0.5, 0.6) is 0 Å². The molecule has 0 radical (unpaired) electrons. The maximum atomic E-state index is 5.18. The number of oxime groups is 1. The summed E-state index contributed by atoms with van der Waals surface area (Å²) in [5, 5.41) is 4.34. The summed E-state index contributed by atoms with van der Waals surface area (Å²) < 4.78 is 0. The van der Waals surface area contributed by atoms with Crippen molar-refractivity contribution in [3.63, 3.8) is 0 Å². The van der Waals surface area contributed by atoms with Gasteiger partial charge in [-0.25, -0.2) is 0 Å². The summed E-state index contributed by atoms with van der Waals surface area (Å²) in [5.74, 6) is 0. The van der Waals surface area contributed by atoms with Crippen molar-refractivity contribution in [1.29, 1.82) is 0 Å². The van der Waals surface area contributed by atoms with Gasteiger partial charge in [-0.2, -0.15) is 0 Å². The standard InChI is InChI=1S/C23H30N2O/c1-15-8-9-20(24-14-15)21(25-26-7)17-13-19-18(12-16(17)2)22(3,4)10-11-23(19,5)6/h8-9,12-14H,10-11H2,1-7H3/b25-21-. The average Bonchev–Trinajstić information content (AvgIpc) is 2.58. The van der Waals surface area contributed by atoms with Gasteiger partial charge in [0.05, 0.1) is 5.69 Å². The topological polar surface area (TPSA) is 34.5 Å². The van der Waals surface area contributed by atoms with Crippen molar-refractivity contribution in [3.05, 3.63) is 64.0 Å². The van der Waals surface area contributed by atoms with Crippen molar-refractivity contribution in [3.8, 4) is 0 Å². The monoisotopic (exact) mass is 350 g/mol. The summed E-state index contributed by atoms with van der Waals surface area (Å²) in [4.78, 5) is 9.76. The Bertz CT molecular complexity index is 845. The highest BCUT2D eigenvalue weighted by atomic mass is 16.6. The Morgan fingerprint density at radius 1 is 1.00 bits per heavy atom. The second-order valence-corrected chi connectivity index (χ2v) is 8.82. The number of aryl methyl sites for hydroxylation is 2. The van der Waals surface area contributed by atoms with Crippen LogP contribution in [0.25, 0.3) is 0 Å². The van der Waals surface area contributed by atoms with Crippen LogP contribution >= 0.6 is 0 Å². The molecule has 2 aromatic rings. The third kappa shape index (κ3) is 3.27. The lowest BCUT2D eigenvalue weighted by molar-refractivity contribution is 0.214. The molecule has 1 aliphatic carbocycles. The quantitative estimate of drug-likeness (QED) is 0.545. The zero-order chi connectivity index (χ0) is 19.1. The molecule has 0 unspecified atom stereocenters. The maximum Gasteiger partial charge on any atom is 0.135 e. The molecule has 0 bridgehead atoms. The van der Waals surface area contributed by atoms with Gasteiger partial charge < -0.3 is 4.84 Å². The van der Waals surface area contributed by atoms with Crippen molar-refractivity contribution in [2.24, 2.45) is 5.16 Å². The van der Waals surface area contributed by atoms with Crippen LogP contribution in [0.2, 0.25) is 0 Å². The highest BCUT2D eigenvalue weighted by Gasteiger charge is 2.37. The number of nitrogens with zero attached hydrogens (tertiary/aromatic N) is 2. The maximum absolute atomic E-state index is 5.18. The molecule has 3 nitrogen and oxygen atoms in total. The Morgan fingerprint density at radius 3 is 2.15 bits per heavy atom. The molecule has 0 saturated carbocycles. The van der Waals surface area contributed by atoms with Gasteiger partial charge in [0.15, 0.2) is 0 Å². The van der Waals surface area contributed by atoms with Crippen LogP contribution in [0.15, 0.2) is 35.6 Å². The number of rotatable bonds is 3. The van der Waals surface area contributed by atoms with Gasteiger partial charge in [0.1, 0.15) is 12.8 Å². The molecule has 0 amide bonds. The summed E-state index contributed by atoms with van der Waals surface area (Å²) in [6.45, 7) is 13.6. The van der Waals surface area contributed by atoms with Gasteiger partial charge in [-0.1, -0.05) is 45.0 Å². The molecule has 0 atom stereocenters. The normalized spacial score (nSPS) is 18.3. The van der Waals surface area contributed by atoms with E-state index in [1.165, 1.54) is 29.5 Å². The highest BCUT2D eigenvalue weighted by molar-refractivity contribution is 6.12. The molecule has 1 aromatic heterocycles. The van der Waals surface area contributed by atoms with Crippen molar-refractivity contribution >= 4 is 5.71 Å². The van der Waals surface area contributed by atoms with E-state index in [0.717, 1.165) is 22.5 Å². The third-order valence-electron chi connectivity index (χ3n) is 5.79. The van der Waals surface area contributed by atoms with Gasteiger partial charge >= 0.3 is 0 Å². The summed E-state index contributed by atoms with van der Waals surface area (Å²) in [5.41, 5.74) is 8.34. The Labute approximate surface area is 157 Å². The number of aromatic nitrogens is 1. The van der Waals surface area contributed by atoms with Crippen LogP contribution in [-0.2, 0) is 15.7 Å². The van der Waals surface area contributed by atoms with Crippen LogP contribution in [0, 0.1) is 13.8 Å². The summed E-state index contributed by atoms with van der Waals surface area (Å²) in [6, 6.07) is 8.76. The van der Waals surface area contributed by atoms with E-state index in [-0.39, 0.29) is 10.8 Å². The molecular formula is C23H30N2O. The number of hydrogen-bond donors (Lipinski definition) is 0. The number of fused-ring (bicyclic) bond motifs is 1. The number of benzene rings is 1. The third-order valence-corrected chi connectivity index (χ3v) is 5.79. The van der Waals surface area contributed by atoms with Crippen molar-refractivity contribution in [2.75, 3.05) is 7.11 Å². The molecule has 26 heavy (non-hydrogen) atoms. The molecule has 0 aliphatic heterocycles. The first-order valence-corrected chi connectivity index (χ1v) is 9.36. The Kier molecular flexibility index (Phi) is 4.68. The minimum Gasteiger partial charge on any atom is -0.399 e. The molecule has 0 saturated heterocycles. The molecule has 0 N–H and O–H groups in total. The minimum absolute atomic E-state index is 0.159. The predicted molar refractivity (Wildman–Crippen MR) is 108 cm³/mol. The van der Waals surface area contributed by atoms with E-state index in [4.69, 9.17) is 4.84 Å². The minimum atomic E-state index is 0.159. The molecule has 0 spiro atoms. The molecule has 3 heteroatoms. The Hall–Kier alpha value is -2.16. The molecule has 1 heterocycles. The van der Waals surface area contributed by atoms with E-state index >= 15 is 0 Å². The summed E-state index contributed by atoms with van der Waals surface area (Å²) >= 11 is 0. The molecule has 138 valence electrons. The van der Waals surface area contributed by atoms with Gasteiger partial charge in [-0.15, -0.1) is 0 Å². The van der Waals surface area contributed by atoms with E-state index < -0.39 is 0 Å². The van der Waals surface area contributed by atoms with Gasteiger partial charge in [-0.3, -0.25) is 4.98 Å². The van der Waals surface area contributed by atoms with Crippen LogP contribution < -0.4 is 0 Å². The molecule has 0 fully saturated rings. The van der Waals surface area contributed by atoms with E-state index in [1.54, 1.807) is 7.11 Å². The lowest BCUT2D eigenvalue weighted by atomic mass is 9.62. The second-order valence-electron chi connectivity index (χ2n) is 8.82. The zero-order valence-corrected chi connectivity index (χ0v) is 17.1. The summed E-state index contributed by atoms with van der Waals surface area (Å²) in [6.07, 6.45) is 4.28. The molecule has 3 rings (SSSR count). The van der Waals surface area contributed by atoms with E-state index in [9.17, 15) is 0 Å². The number of pyridine rings is 1. The first-order chi connectivity index (χ1) is 12.2. The van der Waals surface area contributed by atoms with Crippen molar-refractivity contribution in [1.82, 2.24) is 4.98 Å². The van der Waals surface area contributed by atoms with E-state index in [1.807, 2.05) is 19.2 Å². The second kappa shape index (κ2) is 6.53. The largest absolute Gasteiger partial charge is 0.399 e. The van der Waals surface area contributed by atoms with Gasteiger partial charge in [0, 0.05) is 11.8 Å². The van der Waals surface area contributed by atoms with E-state index in [2.05, 4.69) is 63.0 Å².